The molecule has 6 N–H and O–H groups in total. The monoisotopic (exact) mass is 764 g/mol. The maximum absolute atomic E-state index is 12.2. The zero-order chi connectivity index (χ0) is 31.4. The number of nitrogens with one attached hydrogen (secondary N) is 3. The van der Waals surface area contributed by atoms with Crippen molar-refractivity contribution in [2.45, 2.75) is 27.7 Å². The number of aliphatic imine (C=N–C) groups is 2. The van der Waals surface area contributed by atoms with Gasteiger partial charge in [-0.3, -0.25) is 9.98 Å². The number of hydrogen-bond donors (Lipinski definition) is 4. The summed E-state index contributed by atoms with van der Waals surface area (Å²) in [6.45, 7) is 13.6. The zero-order valence-electron chi connectivity index (χ0n) is 26.0. The maximum Gasteiger partial charge on any atom is 3.00 e. The molecule has 13 nitrogen and oxygen atoms in total. The SMILES string of the molecule is CC(=O)[O-].CCO.CCOc1cccc(C=NCCNCCNCCNCCN=Cc2cccc(OCC)c2[O-])c1[O-].O.[Gd+3]. The number of hydrogen-bond acceptors (Lipinski definition) is 12. The number of aliphatic hydroxyl groups excluding tert-OH is 1. The van der Waals surface area contributed by atoms with Crippen molar-refractivity contribution >= 4 is 18.4 Å². The normalized spacial score (nSPS) is 10.1. The molecule has 0 unspecified atom stereocenters. The van der Waals surface area contributed by atoms with Crippen LogP contribution in [0.15, 0.2) is 46.4 Å². The Kier molecular flexibility index (Phi) is 33.4. The summed E-state index contributed by atoms with van der Waals surface area (Å²) in [5.41, 5.74) is 1.09. The molecule has 2 aromatic carbocycles. The van der Waals surface area contributed by atoms with Crippen molar-refractivity contribution in [2.24, 2.45) is 9.98 Å². The number of para-hydroxylation sites is 2. The molecule has 0 saturated carbocycles. The van der Waals surface area contributed by atoms with Gasteiger partial charge in [-0.2, -0.15) is 0 Å². The fourth-order valence-electron chi connectivity index (χ4n) is 3.15. The first-order valence-electron chi connectivity index (χ1n) is 14.1. The van der Waals surface area contributed by atoms with Gasteiger partial charge in [0.15, 0.2) is 0 Å². The Morgan fingerprint density at radius 1 is 0.773 bits per heavy atom. The second kappa shape index (κ2) is 32.0. The average molecular weight is 764 g/mol. The van der Waals surface area contributed by atoms with Gasteiger partial charge in [0, 0.05) is 64.3 Å². The van der Waals surface area contributed by atoms with E-state index in [-0.39, 0.29) is 63.5 Å². The number of aliphatic hydroxyl groups is 1. The van der Waals surface area contributed by atoms with Crippen molar-refractivity contribution in [2.75, 3.05) is 72.2 Å². The zero-order valence-corrected chi connectivity index (χ0v) is 28.3. The van der Waals surface area contributed by atoms with E-state index in [4.69, 9.17) is 24.5 Å². The van der Waals surface area contributed by atoms with Crippen LogP contribution in [-0.4, -0.2) is 101 Å². The molecule has 14 heteroatoms. The quantitative estimate of drug-likeness (QED) is 0.106. The van der Waals surface area contributed by atoms with Crippen LogP contribution >= 0.6 is 0 Å². The van der Waals surface area contributed by atoms with Gasteiger partial charge in [-0.05, 0) is 51.0 Å². The molecule has 0 aromatic heterocycles. The molecule has 44 heavy (non-hydrogen) atoms. The van der Waals surface area contributed by atoms with Gasteiger partial charge in [-0.1, -0.05) is 35.8 Å². The number of ether oxygens (including phenoxy) is 2. The van der Waals surface area contributed by atoms with Gasteiger partial charge in [0.2, 0.25) is 0 Å². The van der Waals surface area contributed by atoms with Gasteiger partial charge in [0.25, 0.3) is 0 Å². The van der Waals surface area contributed by atoms with Crippen molar-refractivity contribution in [3.8, 4) is 23.0 Å². The molecule has 0 bridgehead atoms. The fraction of sp³-hybridized carbons (Fsp3) is 0.500. The molecule has 0 spiro atoms. The maximum atomic E-state index is 12.2. The minimum absolute atomic E-state index is 0. The van der Waals surface area contributed by atoms with E-state index in [1.54, 1.807) is 55.8 Å². The topological polar surface area (TPSA) is 217 Å². The van der Waals surface area contributed by atoms with Crippen LogP contribution in [0.1, 0.15) is 38.8 Å². The first-order chi connectivity index (χ1) is 20.3. The predicted molar refractivity (Wildman–Crippen MR) is 165 cm³/mol. The molecule has 0 aliphatic carbocycles. The van der Waals surface area contributed by atoms with Gasteiger partial charge in [0.05, 0.1) is 26.3 Å². The molecule has 0 atom stereocenters. The summed E-state index contributed by atoms with van der Waals surface area (Å²) in [6.07, 6.45) is 3.22. The molecule has 0 fully saturated rings. The molecule has 1 radical (unpaired) electrons. The first kappa shape index (κ1) is 46.0. The van der Waals surface area contributed by atoms with Gasteiger partial charge >= 0.3 is 39.9 Å². The smallest absolute Gasteiger partial charge is 0.870 e. The number of carbonyl (C=O) groups is 1. The molecule has 0 amide bonds. The number of aliphatic carboxylic acids is 1. The fourth-order valence-corrected chi connectivity index (χ4v) is 3.15. The Morgan fingerprint density at radius 3 is 1.41 bits per heavy atom. The van der Waals surface area contributed by atoms with Crippen LogP contribution in [0, 0.1) is 39.9 Å². The van der Waals surface area contributed by atoms with Gasteiger partial charge in [-0.25, -0.2) is 0 Å². The summed E-state index contributed by atoms with van der Waals surface area (Å²) in [4.78, 5) is 17.5. The number of carbonyl (C=O) groups excluding carboxylic acids is 1. The molecule has 249 valence electrons. The number of nitrogens with zero attached hydrogens (tertiary/aromatic N) is 2. The molecule has 2 aromatic rings. The summed E-state index contributed by atoms with van der Waals surface area (Å²) in [5, 5.41) is 50.8. The molecule has 0 aliphatic rings. The number of carboxylic acid groups (broad SMARTS) is 1. The Labute approximate surface area is 293 Å². The van der Waals surface area contributed by atoms with E-state index in [0.29, 0.717) is 48.9 Å². The molecular formula is C30H48GdN5O8. The van der Waals surface area contributed by atoms with E-state index >= 15 is 0 Å². The number of benzene rings is 2. The van der Waals surface area contributed by atoms with E-state index in [0.717, 1.165) is 46.2 Å². The average Bonchev–Trinajstić information content (AvgIpc) is 2.95. The largest absolute Gasteiger partial charge is 3.00 e. The van der Waals surface area contributed by atoms with Crippen LogP contribution < -0.4 is 40.7 Å². The van der Waals surface area contributed by atoms with Gasteiger partial charge in [0.1, 0.15) is 11.5 Å². The summed E-state index contributed by atoms with van der Waals surface area (Å²) in [6, 6.07) is 10.4. The Balaban J connectivity index is -0.00000169. The molecule has 0 aliphatic heterocycles. The molecule has 2 rings (SSSR count). The predicted octanol–water partition coefficient (Wildman–Crippen LogP) is -1.13. The van der Waals surface area contributed by atoms with E-state index in [2.05, 4.69) is 25.9 Å². The Bertz CT molecular complexity index is 967. The third-order valence-electron chi connectivity index (χ3n) is 4.87. The minimum Gasteiger partial charge on any atom is -0.870 e. The summed E-state index contributed by atoms with van der Waals surface area (Å²) >= 11 is 0. The van der Waals surface area contributed by atoms with Crippen molar-refractivity contribution in [3.05, 3.63) is 47.5 Å². The summed E-state index contributed by atoms with van der Waals surface area (Å²) in [7, 11) is 0. The second-order valence-electron chi connectivity index (χ2n) is 8.34. The van der Waals surface area contributed by atoms with E-state index in [1.165, 1.54) is 0 Å². The van der Waals surface area contributed by atoms with Crippen molar-refractivity contribution in [1.29, 1.82) is 0 Å². The van der Waals surface area contributed by atoms with Crippen molar-refractivity contribution in [1.82, 2.24) is 16.0 Å². The van der Waals surface area contributed by atoms with Gasteiger partial charge < -0.3 is 56.1 Å². The van der Waals surface area contributed by atoms with Crippen LogP contribution in [-0.2, 0) is 4.79 Å². The number of rotatable bonds is 18. The van der Waals surface area contributed by atoms with Gasteiger partial charge in [-0.15, -0.1) is 0 Å². The first-order valence-corrected chi connectivity index (χ1v) is 14.1. The van der Waals surface area contributed by atoms with Crippen molar-refractivity contribution in [3.63, 3.8) is 0 Å². The standard InChI is InChI=1S/C26H39N5O4.C2H4O2.C2H6O.Gd.H2O/c1-3-34-23-9-5-7-21(25(23)32)19-30-17-15-28-13-11-27-12-14-29-16-18-31-20-22-8-6-10-24(26(22)33)35-4-2;1-2(3)4;1-2-3;;/h5-10,19-20,27-29,32-33H,3-4,11-18H2,1-2H3;1H3,(H,3,4);3H,2H2,1H3;;1H2/q;;;+3;/p-3. The van der Waals surface area contributed by atoms with E-state index in [1.807, 2.05) is 13.8 Å². The molecular weight excluding hydrogens is 716 g/mol. The van der Waals surface area contributed by atoms with Crippen LogP contribution in [0.3, 0.4) is 0 Å². The van der Waals surface area contributed by atoms with Crippen LogP contribution in [0.5, 0.6) is 23.0 Å². The summed E-state index contributed by atoms with van der Waals surface area (Å²) < 4.78 is 10.6. The third-order valence-corrected chi connectivity index (χ3v) is 4.87. The summed E-state index contributed by atoms with van der Waals surface area (Å²) in [5.74, 6) is -0.604. The van der Waals surface area contributed by atoms with Crippen LogP contribution in [0.2, 0.25) is 0 Å². The van der Waals surface area contributed by atoms with Crippen LogP contribution in [0.25, 0.3) is 0 Å². The number of carboxylic acids is 1. The third kappa shape index (κ3) is 24.0. The Hall–Kier alpha value is -2.43. The second-order valence-corrected chi connectivity index (χ2v) is 8.34. The Morgan fingerprint density at radius 2 is 1.09 bits per heavy atom. The van der Waals surface area contributed by atoms with Crippen molar-refractivity contribution < 1.29 is 80.1 Å². The minimum atomic E-state index is -1.08. The van der Waals surface area contributed by atoms with Crippen LogP contribution in [0.4, 0.5) is 0 Å². The molecule has 0 saturated heterocycles. The van der Waals surface area contributed by atoms with E-state index < -0.39 is 5.97 Å². The molecule has 0 heterocycles. The van der Waals surface area contributed by atoms with E-state index in [9.17, 15) is 10.2 Å².